The van der Waals surface area contributed by atoms with E-state index < -0.39 is 17.4 Å². The summed E-state index contributed by atoms with van der Waals surface area (Å²) in [5.41, 5.74) is 0.253. The zero-order valence-corrected chi connectivity index (χ0v) is 13.4. The van der Waals surface area contributed by atoms with Crippen LogP contribution >= 0.6 is 11.5 Å². The first-order valence-electron chi connectivity index (χ1n) is 7.23. The van der Waals surface area contributed by atoms with Crippen molar-refractivity contribution in [1.29, 1.82) is 0 Å². The molecule has 6 nitrogen and oxygen atoms in total. The fourth-order valence-electron chi connectivity index (χ4n) is 2.98. The third-order valence-electron chi connectivity index (χ3n) is 4.00. The van der Waals surface area contributed by atoms with Crippen LogP contribution in [0.15, 0.2) is 0 Å². The third-order valence-corrected chi connectivity index (χ3v) is 4.76. The van der Waals surface area contributed by atoms with E-state index in [1.807, 2.05) is 20.8 Å². The molecule has 1 aromatic heterocycles. The second-order valence-corrected chi connectivity index (χ2v) is 6.88. The van der Waals surface area contributed by atoms with E-state index in [1.165, 1.54) is 4.90 Å². The van der Waals surface area contributed by atoms with Gasteiger partial charge in [0.05, 0.1) is 5.69 Å². The highest BCUT2D eigenvalue weighted by atomic mass is 32.1. The third kappa shape index (κ3) is 3.07. The molecule has 0 aliphatic carbocycles. The van der Waals surface area contributed by atoms with Crippen LogP contribution in [0.5, 0.6) is 0 Å². The highest BCUT2D eigenvalue weighted by molar-refractivity contribution is 7.08. The van der Waals surface area contributed by atoms with Gasteiger partial charge in [-0.25, -0.2) is 4.79 Å². The maximum absolute atomic E-state index is 12.8. The molecular weight excluding hydrogens is 290 g/mol. The summed E-state index contributed by atoms with van der Waals surface area (Å²) in [6, 6.07) is -0.796. The number of piperidine rings is 1. The second kappa shape index (κ2) is 6.09. The minimum absolute atomic E-state index is 0.242. The number of rotatable bonds is 4. The number of nitrogens with zero attached hydrogens (tertiary/aromatic N) is 3. The molecule has 21 heavy (non-hydrogen) atoms. The molecule has 7 heteroatoms. The molecular formula is C14H21N3O3S. The highest BCUT2D eigenvalue weighted by Gasteiger charge is 2.45. The number of hydrogen-bond acceptors (Lipinski definition) is 5. The molecule has 0 radical (unpaired) electrons. The number of carboxylic acids is 1. The van der Waals surface area contributed by atoms with E-state index in [0.717, 1.165) is 30.8 Å². The quantitative estimate of drug-likeness (QED) is 0.921. The fraction of sp³-hybridized carbons (Fsp3) is 0.714. The molecule has 1 atom stereocenters. The number of likely N-dealkylation sites (tertiary alicyclic amines) is 1. The van der Waals surface area contributed by atoms with Gasteiger partial charge in [-0.3, -0.25) is 4.79 Å². The van der Waals surface area contributed by atoms with Crippen molar-refractivity contribution < 1.29 is 14.7 Å². The van der Waals surface area contributed by atoms with Crippen molar-refractivity contribution in [2.75, 3.05) is 6.54 Å². The summed E-state index contributed by atoms with van der Waals surface area (Å²) >= 11 is 1.06. The highest BCUT2D eigenvalue weighted by Crippen LogP contribution is 2.36. The zero-order chi connectivity index (χ0) is 15.6. The Morgan fingerprint density at radius 1 is 1.48 bits per heavy atom. The molecule has 1 aliphatic rings. The van der Waals surface area contributed by atoms with Gasteiger partial charge < -0.3 is 10.0 Å². The molecule has 0 saturated carbocycles. The smallest absolute Gasteiger partial charge is 0.326 e. The van der Waals surface area contributed by atoms with Gasteiger partial charge in [-0.05, 0) is 36.2 Å². The first-order chi connectivity index (χ1) is 9.88. The van der Waals surface area contributed by atoms with Crippen LogP contribution in [0.4, 0.5) is 0 Å². The van der Waals surface area contributed by atoms with Gasteiger partial charge in [0, 0.05) is 6.54 Å². The van der Waals surface area contributed by atoms with Gasteiger partial charge in [-0.1, -0.05) is 31.7 Å². The summed E-state index contributed by atoms with van der Waals surface area (Å²) in [4.78, 5) is 26.4. The maximum atomic E-state index is 12.8. The zero-order valence-electron chi connectivity index (χ0n) is 12.6. The standard InChI is InChI=1S/C14H21N3O3S/c1-4-6-9-10(21-16-15-9)12(18)17-8-5-7-14(2,3)11(17)13(19)20/h11H,4-8H2,1-3H3,(H,19,20). The molecule has 2 rings (SSSR count). The van der Waals surface area contributed by atoms with Gasteiger partial charge in [0.1, 0.15) is 10.9 Å². The Morgan fingerprint density at radius 3 is 2.81 bits per heavy atom. The van der Waals surface area contributed by atoms with E-state index in [9.17, 15) is 14.7 Å². The van der Waals surface area contributed by atoms with Crippen molar-refractivity contribution in [2.24, 2.45) is 5.41 Å². The average molecular weight is 311 g/mol. The number of aromatic nitrogens is 2. The maximum Gasteiger partial charge on any atom is 0.326 e. The van der Waals surface area contributed by atoms with Gasteiger partial charge in [0.15, 0.2) is 0 Å². The molecule has 1 aliphatic heterocycles. The number of aliphatic carboxylic acids is 1. The lowest BCUT2D eigenvalue weighted by atomic mass is 9.76. The number of carbonyl (C=O) groups excluding carboxylic acids is 1. The summed E-state index contributed by atoms with van der Waals surface area (Å²) in [5.74, 6) is -1.18. The predicted molar refractivity (Wildman–Crippen MR) is 79.4 cm³/mol. The number of hydrogen-bond donors (Lipinski definition) is 1. The van der Waals surface area contributed by atoms with Crippen LogP contribution < -0.4 is 0 Å². The second-order valence-electron chi connectivity index (χ2n) is 6.13. The summed E-state index contributed by atoms with van der Waals surface area (Å²) < 4.78 is 3.86. The lowest BCUT2D eigenvalue weighted by molar-refractivity contribution is -0.148. The van der Waals surface area contributed by atoms with Crippen molar-refractivity contribution in [2.45, 2.75) is 52.5 Å². The van der Waals surface area contributed by atoms with Gasteiger partial charge in [-0.15, -0.1) is 5.10 Å². The molecule has 1 aromatic rings. The molecule has 1 fully saturated rings. The van der Waals surface area contributed by atoms with Gasteiger partial charge >= 0.3 is 5.97 Å². The normalized spacial score (nSPS) is 21.3. The van der Waals surface area contributed by atoms with Crippen molar-refractivity contribution in [1.82, 2.24) is 14.5 Å². The van der Waals surface area contributed by atoms with Crippen molar-refractivity contribution in [3.8, 4) is 0 Å². The monoisotopic (exact) mass is 311 g/mol. The largest absolute Gasteiger partial charge is 0.480 e. The summed E-state index contributed by atoms with van der Waals surface area (Å²) in [6.45, 7) is 6.30. The van der Waals surface area contributed by atoms with Crippen LogP contribution in [0.2, 0.25) is 0 Å². The first-order valence-corrected chi connectivity index (χ1v) is 8.01. The Hall–Kier alpha value is -1.50. The number of carbonyl (C=O) groups is 2. The lowest BCUT2D eigenvalue weighted by Crippen LogP contribution is -2.56. The molecule has 1 saturated heterocycles. The summed E-state index contributed by atoms with van der Waals surface area (Å²) in [7, 11) is 0. The van der Waals surface area contributed by atoms with Crippen LogP contribution in [-0.2, 0) is 11.2 Å². The van der Waals surface area contributed by atoms with Crippen LogP contribution in [0.1, 0.15) is 55.4 Å². The Bertz CT molecular complexity index is 541. The van der Waals surface area contributed by atoms with E-state index in [2.05, 4.69) is 9.59 Å². The van der Waals surface area contributed by atoms with Crippen molar-refractivity contribution in [3.63, 3.8) is 0 Å². The van der Waals surface area contributed by atoms with Crippen LogP contribution in [-0.4, -0.2) is 44.1 Å². The predicted octanol–water partition coefficient (Wildman–Crippen LogP) is 2.21. The molecule has 1 amide bonds. The SMILES string of the molecule is CCCc1nnsc1C(=O)N1CCCC(C)(C)C1C(=O)O. The van der Waals surface area contributed by atoms with Gasteiger partial charge in [0.25, 0.3) is 5.91 Å². The minimum atomic E-state index is -0.942. The number of amides is 1. The van der Waals surface area contributed by atoms with E-state index in [-0.39, 0.29) is 5.91 Å². The Kier molecular flexibility index (Phi) is 4.61. The van der Waals surface area contributed by atoms with Crippen molar-refractivity contribution >= 4 is 23.4 Å². The lowest BCUT2D eigenvalue weighted by Gasteiger charge is -2.43. The first kappa shape index (κ1) is 15.9. The van der Waals surface area contributed by atoms with Crippen molar-refractivity contribution in [3.05, 3.63) is 10.6 Å². The molecule has 1 unspecified atom stereocenters. The Morgan fingerprint density at radius 2 is 2.19 bits per heavy atom. The average Bonchev–Trinajstić information content (AvgIpc) is 2.84. The molecule has 0 bridgehead atoms. The Balaban J connectivity index is 2.32. The summed E-state index contributed by atoms with van der Waals surface area (Å²) in [6.07, 6.45) is 3.18. The van der Waals surface area contributed by atoms with Gasteiger partial charge in [0.2, 0.25) is 0 Å². The topological polar surface area (TPSA) is 83.4 Å². The number of aryl methyl sites for hydroxylation is 1. The molecule has 0 aromatic carbocycles. The van der Waals surface area contributed by atoms with Crippen LogP contribution in [0.3, 0.4) is 0 Å². The van der Waals surface area contributed by atoms with E-state index in [0.29, 0.717) is 23.5 Å². The summed E-state index contributed by atoms with van der Waals surface area (Å²) in [5, 5.41) is 13.5. The molecule has 1 N–H and O–H groups in total. The van der Waals surface area contributed by atoms with E-state index in [1.54, 1.807) is 0 Å². The van der Waals surface area contributed by atoms with Crippen LogP contribution in [0.25, 0.3) is 0 Å². The van der Waals surface area contributed by atoms with E-state index in [4.69, 9.17) is 0 Å². The fourth-order valence-corrected chi connectivity index (χ4v) is 3.65. The minimum Gasteiger partial charge on any atom is -0.480 e. The molecule has 2 heterocycles. The molecule has 116 valence electrons. The Labute approximate surface area is 128 Å². The molecule has 0 spiro atoms. The van der Waals surface area contributed by atoms with Gasteiger partial charge in [-0.2, -0.15) is 0 Å². The number of carboxylic acid groups (broad SMARTS) is 1. The van der Waals surface area contributed by atoms with E-state index >= 15 is 0 Å². The van der Waals surface area contributed by atoms with Crippen LogP contribution in [0, 0.1) is 5.41 Å².